The number of amides is 3. The average Bonchev–Trinajstić information content (AvgIpc) is 2.96. The third-order valence-corrected chi connectivity index (χ3v) is 5.36. The van der Waals surface area contributed by atoms with Gasteiger partial charge in [-0.3, -0.25) is 14.9 Å². The standard InChI is InChI=1S/C17H20N4O3S/c1-11(22)10-25-17-18-14-13(15(23)19-16(24)20(14)2)21(17)9-8-12-6-4-3-5-7-12/h3-7,13-14H,8-10H2,1-2H3,(H,19,23,24). The maximum atomic E-state index is 12.4. The summed E-state index contributed by atoms with van der Waals surface area (Å²) in [6.45, 7) is 2.11. The lowest BCUT2D eigenvalue weighted by Crippen LogP contribution is -2.63. The number of nitrogens with one attached hydrogen (secondary N) is 1. The highest BCUT2D eigenvalue weighted by Gasteiger charge is 2.48. The Kier molecular flexibility index (Phi) is 5.08. The van der Waals surface area contributed by atoms with Crippen molar-refractivity contribution in [2.75, 3.05) is 19.3 Å². The van der Waals surface area contributed by atoms with Crippen LogP contribution in [0.4, 0.5) is 4.79 Å². The normalized spacial score (nSPS) is 22.6. The van der Waals surface area contributed by atoms with Gasteiger partial charge in [0.1, 0.15) is 5.78 Å². The van der Waals surface area contributed by atoms with Crippen molar-refractivity contribution in [2.45, 2.75) is 25.6 Å². The van der Waals surface area contributed by atoms with Gasteiger partial charge < -0.3 is 9.80 Å². The van der Waals surface area contributed by atoms with Crippen molar-refractivity contribution in [2.24, 2.45) is 4.99 Å². The van der Waals surface area contributed by atoms with Gasteiger partial charge in [-0.05, 0) is 18.9 Å². The molecule has 1 fully saturated rings. The van der Waals surface area contributed by atoms with Crippen molar-refractivity contribution in [3.05, 3.63) is 35.9 Å². The van der Waals surface area contributed by atoms with E-state index in [1.807, 2.05) is 35.2 Å². The lowest BCUT2D eigenvalue weighted by molar-refractivity contribution is -0.127. The Morgan fingerprint density at radius 3 is 2.68 bits per heavy atom. The lowest BCUT2D eigenvalue weighted by atomic mass is 10.1. The molecule has 0 saturated carbocycles. The topological polar surface area (TPSA) is 82.1 Å². The van der Waals surface area contributed by atoms with Gasteiger partial charge in [0.15, 0.2) is 17.4 Å². The largest absolute Gasteiger partial charge is 0.335 e. The molecule has 2 atom stereocenters. The smallest absolute Gasteiger partial charge is 0.325 e. The number of rotatable bonds is 5. The number of nitrogens with zero attached hydrogens (tertiary/aromatic N) is 3. The van der Waals surface area contributed by atoms with Gasteiger partial charge in [-0.15, -0.1) is 0 Å². The van der Waals surface area contributed by atoms with E-state index in [1.54, 1.807) is 7.05 Å². The minimum atomic E-state index is -0.555. The van der Waals surface area contributed by atoms with Gasteiger partial charge in [0, 0.05) is 13.6 Å². The molecule has 7 nitrogen and oxygen atoms in total. The maximum Gasteiger partial charge on any atom is 0.325 e. The Morgan fingerprint density at radius 1 is 1.28 bits per heavy atom. The molecule has 0 aliphatic carbocycles. The molecule has 1 saturated heterocycles. The van der Waals surface area contributed by atoms with Gasteiger partial charge in [0.05, 0.1) is 5.75 Å². The first-order valence-electron chi connectivity index (χ1n) is 8.05. The Morgan fingerprint density at radius 2 is 2.00 bits per heavy atom. The molecular weight excluding hydrogens is 340 g/mol. The van der Waals surface area contributed by atoms with Gasteiger partial charge >= 0.3 is 6.03 Å². The molecule has 3 amide bonds. The number of amidine groups is 1. The molecule has 3 rings (SSSR count). The number of hydrogen-bond donors (Lipinski definition) is 1. The summed E-state index contributed by atoms with van der Waals surface area (Å²) in [6.07, 6.45) is 0.195. The lowest BCUT2D eigenvalue weighted by Gasteiger charge is -2.36. The van der Waals surface area contributed by atoms with E-state index in [2.05, 4.69) is 10.3 Å². The number of Topliss-reactive ketones (excluding diaryl/α,β-unsaturated/α-hetero) is 1. The van der Waals surface area contributed by atoms with Crippen LogP contribution in [-0.4, -0.2) is 64.2 Å². The number of benzene rings is 1. The quantitative estimate of drug-likeness (QED) is 0.850. The number of fused-ring (bicyclic) bond motifs is 1. The van der Waals surface area contributed by atoms with Gasteiger partial charge in [0.2, 0.25) is 0 Å². The second-order valence-electron chi connectivity index (χ2n) is 6.10. The fourth-order valence-corrected chi connectivity index (χ4v) is 3.80. The zero-order chi connectivity index (χ0) is 18.0. The van der Waals surface area contributed by atoms with Crippen LogP contribution < -0.4 is 5.32 Å². The van der Waals surface area contributed by atoms with E-state index in [4.69, 9.17) is 0 Å². The van der Waals surface area contributed by atoms with Crippen LogP contribution in [0, 0.1) is 0 Å². The zero-order valence-corrected chi connectivity index (χ0v) is 15.0. The van der Waals surface area contributed by atoms with E-state index in [-0.39, 0.29) is 11.7 Å². The Labute approximate surface area is 150 Å². The van der Waals surface area contributed by atoms with Crippen LogP contribution >= 0.6 is 11.8 Å². The van der Waals surface area contributed by atoms with Crippen molar-refractivity contribution in [3.8, 4) is 0 Å². The number of thioether (sulfide) groups is 1. The number of aliphatic imine (C=N–C) groups is 1. The summed E-state index contributed by atoms with van der Waals surface area (Å²) < 4.78 is 0. The molecule has 0 radical (unpaired) electrons. The number of imide groups is 1. The third-order valence-electron chi connectivity index (χ3n) is 4.21. The molecule has 25 heavy (non-hydrogen) atoms. The molecule has 2 unspecified atom stereocenters. The van der Waals surface area contributed by atoms with E-state index < -0.39 is 18.2 Å². The molecule has 1 aromatic rings. The van der Waals surface area contributed by atoms with Gasteiger partial charge in [-0.1, -0.05) is 42.1 Å². The van der Waals surface area contributed by atoms with Crippen LogP contribution in [-0.2, 0) is 16.0 Å². The summed E-state index contributed by atoms with van der Waals surface area (Å²) in [6, 6.07) is 8.97. The molecule has 2 heterocycles. The van der Waals surface area contributed by atoms with Crippen molar-refractivity contribution in [3.63, 3.8) is 0 Å². The second kappa shape index (κ2) is 7.26. The predicted molar refractivity (Wildman–Crippen MR) is 96.3 cm³/mol. The Bertz CT molecular complexity index is 722. The minimum Gasteiger partial charge on any atom is -0.335 e. The third kappa shape index (κ3) is 3.68. The van der Waals surface area contributed by atoms with Crippen LogP contribution in [0.15, 0.2) is 35.3 Å². The van der Waals surface area contributed by atoms with Crippen LogP contribution in [0.2, 0.25) is 0 Å². The van der Waals surface area contributed by atoms with Gasteiger partial charge in [0.25, 0.3) is 5.91 Å². The van der Waals surface area contributed by atoms with E-state index in [9.17, 15) is 14.4 Å². The summed E-state index contributed by atoms with van der Waals surface area (Å²) in [7, 11) is 1.62. The molecule has 2 aliphatic heterocycles. The van der Waals surface area contributed by atoms with Crippen molar-refractivity contribution >= 4 is 34.7 Å². The monoisotopic (exact) mass is 360 g/mol. The second-order valence-corrected chi connectivity index (χ2v) is 7.04. The SMILES string of the molecule is CC(=O)CSC1=NC2C(C(=O)NC(=O)N2C)N1CCc1ccccc1. The Balaban J connectivity index is 1.80. The fourth-order valence-electron chi connectivity index (χ4n) is 2.92. The van der Waals surface area contributed by atoms with Crippen LogP contribution in [0.3, 0.4) is 0 Å². The fraction of sp³-hybridized carbons (Fsp3) is 0.412. The summed E-state index contributed by atoms with van der Waals surface area (Å²) in [4.78, 5) is 43.5. The first-order valence-corrected chi connectivity index (χ1v) is 9.04. The highest BCUT2D eigenvalue weighted by molar-refractivity contribution is 8.14. The van der Waals surface area contributed by atoms with Gasteiger partial charge in [-0.2, -0.15) is 0 Å². The van der Waals surface area contributed by atoms with E-state index in [0.717, 1.165) is 12.0 Å². The summed E-state index contributed by atoms with van der Waals surface area (Å²) in [5.41, 5.74) is 1.16. The van der Waals surface area contributed by atoms with Crippen LogP contribution in [0.25, 0.3) is 0 Å². The zero-order valence-electron chi connectivity index (χ0n) is 14.1. The van der Waals surface area contributed by atoms with E-state index in [1.165, 1.54) is 23.6 Å². The number of urea groups is 1. The highest BCUT2D eigenvalue weighted by Crippen LogP contribution is 2.28. The molecular formula is C17H20N4O3S. The summed E-state index contributed by atoms with van der Waals surface area (Å²) in [5.74, 6) is -0.0119. The molecule has 2 aliphatic rings. The number of carbonyl (C=O) groups is 3. The van der Waals surface area contributed by atoms with E-state index in [0.29, 0.717) is 17.5 Å². The molecule has 0 aromatic heterocycles. The first kappa shape index (κ1) is 17.5. The molecule has 1 N–H and O–H groups in total. The molecule has 8 heteroatoms. The summed E-state index contributed by atoms with van der Waals surface area (Å²) >= 11 is 1.32. The first-order chi connectivity index (χ1) is 12.0. The summed E-state index contributed by atoms with van der Waals surface area (Å²) in [5, 5.41) is 3.01. The number of hydrogen-bond acceptors (Lipinski definition) is 6. The molecule has 1 aromatic carbocycles. The maximum absolute atomic E-state index is 12.4. The van der Waals surface area contributed by atoms with Crippen LogP contribution in [0.5, 0.6) is 0 Å². The number of likely N-dealkylation sites (N-methyl/N-ethyl adjacent to an activating group) is 1. The Hall–Kier alpha value is -2.35. The number of carbonyl (C=O) groups excluding carboxylic acids is 3. The molecule has 0 bridgehead atoms. The average molecular weight is 360 g/mol. The minimum absolute atomic E-state index is 0.0412. The van der Waals surface area contributed by atoms with Crippen molar-refractivity contribution in [1.82, 2.24) is 15.1 Å². The van der Waals surface area contributed by atoms with E-state index >= 15 is 0 Å². The van der Waals surface area contributed by atoms with Crippen LogP contribution in [0.1, 0.15) is 12.5 Å². The number of ketones is 1. The molecule has 132 valence electrons. The van der Waals surface area contributed by atoms with Gasteiger partial charge in [-0.25, -0.2) is 9.79 Å². The predicted octanol–water partition coefficient (Wildman–Crippen LogP) is 1.10. The highest BCUT2D eigenvalue weighted by atomic mass is 32.2. The molecule has 0 spiro atoms. The van der Waals surface area contributed by atoms with Crippen molar-refractivity contribution < 1.29 is 14.4 Å². The van der Waals surface area contributed by atoms with Crippen molar-refractivity contribution in [1.29, 1.82) is 0 Å².